The summed E-state index contributed by atoms with van der Waals surface area (Å²) in [5.74, 6) is -1.15. The molecule has 6 heteroatoms. The van der Waals surface area contributed by atoms with Crippen molar-refractivity contribution in [1.82, 2.24) is 14.9 Å². The van der Waals surface area contributed by atoms with Crippen LogP contribution < -0.4 is 0 Å². The van der Waals surface area contributed by atoms with Crippen LogP contribution in [0, 0.1) is 18.6 Å². The van der Waals surface area contributed by atoms with Gasteiger partial charge in [-0.25, -0.2) is 13.8 Å². The Bertz CT molecular complexity index is 849. The van der Waals surface area contributed by atoms with E-state index in [4.69, 9.17) is 4.42 Å². The Balaban J connectivity index is 1.81. The molecular formula is C19H19F2N3O. The molecule has 0 saturated heterocycles. The number of rotatable bonds is 6. The molecule has 0 aliphatic rings. The minimum atomic E-state index is -0.945. The number of benzene rings is 1. The van der Waals surface area contributed by atoms with E-state index in [1.165, 1.54) is 12.1 Å². The lowest BCUT2D eigenvalue weighted by atomic mass is 10.2. The quantitative estimate of drug-likeness (QED) is 0.667. The number of aromatic nitrogens is 2. The van der Waals surface area contributed by atoms with Crippen LogP contribution in [0.2, 0.25) is 0 Å². The largest absolute Gasteiger partial charge is 0.441 e. The second-order valence-corrected chi connectivity index (χ2v) is 5.78. The molecule has 0 saturated carbocycles. The molecular weight excluding hydrogens is 324 g/mol. The number of hydrogen-bond donors (Lipinski definition) is 0. The molecule has 2 aromatic heterocycles. The first-order valence-electron chi connectivity index (χ1n) is 8.10. The first kappa shape index (κ1) is 17.2. The minimum absolute atomic E-state index is 0.0338. The summed E-state index contributed by atoms with van der Waals surface area (Å²) in [5.41, 5.74) is 1.90. The average molecular weight is 343 g/mol. The summed E-state index contributed by atoms with van der Waals surface area (Å²) in [7, 11) is 0. The van der Waals surface area contributed by atoms with Gasteiger partial charge in [0.15, 0.2) is 11.6 Å². The van der Waals surface area contributed by atoms with E-state index in [1.807, 2.05) is 12.1 Å². The van der Waals surface area contributed by atoms with E-state index in [1.54, 1.807) is 19.3 Å². The van der Waals surface area contributed by atoms with E-state index in [-0.39, 0.29) is 11.5 Å². The Kier molecular flexibility index (Phi) is 5.19. The average Bonchev–Trinajstić information content (AvgIpc) is 2.98. The van der Waals surface area contributed by atoms with Gasteiger partial charge in [-0.3, -0.25) is 9.88 Å². The summed E-state index contributed by atoms with van der Waals surface area (Å²) in [4.78, 5) is 10.6. The molecule has 0 radical (unpaired) electrons. The first-order valence-corrected chi connectivity index (χ1v) is 8.10. The normalized spacial score (nSPS) is 11.2. The van der Waals surface area contributed by atoms with Crippen molar-refractivity contribution in [1.29, 1.82) is 0 Å². The second-order valence-electron chi connectivity index (χ2n) is 5.78. The molecule has 0 aliphatic heterocycles. The zero-order valence-corrected chi connectivity index (χ0v) is 14.2. The molecule has 0 N–H and O–H groups in total. The van der Waals surface area contributed by atoms with Crippen molar-refractivity contribution < 1.29 is 13.2 Å². The van der Waals surface area contributed by atoms with Crippen molar-refractivity contribution in [2.24, 2.45) is 0 Å². The predicted molar refractivity (Wildman–Crippen MR) is 90.6 cm³/mol. The van der Waals surface area contributed by atoms with E-state index in [0.717, 1.165) is 30.4 Å². The molecule has 3 aromatic rings. The molecule has 3 rings (SSSR count). The molecule has 1 aromatic carbocycles. The van der Waals surface area contributed by atoms with Gasteiger partial charge in [-0.05, 0) is 43.3 Å². The molecule has 0 atom stereocenters. The molecule has 0 aliphatic carbocycles. The number of aryl methyl sites for hydroxylation is 1. The highest BCUT2D eigenvalue weighted by atomic mass is 19.2. The van der Waals surface area contributed by atoms with Gasteiger partial charge in [0, 0.05) is 25.5 Å². The standard InChI is InChI=1S/C19H19F2N3O/c1-3-24(11-14-7-9-22-10-8-14)12-17-13(2)25-19(23-17)15-5-4-6-16(20)18(15)21/h4-10H,3,11-12H2,1-2H3. The van der Waals surface area contributed by atoms with Crippen LogP contribution in [0.4, 0.5) is 8.78 Å². The maximum Gasteiger partial charge on any atom is 0.229 e. The predicted octanol–water partition coefficient (Wildman–Crippen LogP) is 4.35. The molecule has 0 bridgehead atoms. The van der Waals surface area contributed by atoms with Gasteiger partial charge in [0.05, 0.1) is 11.3 Å². The van der Waals surface area contributed by atoms with Crippen molar-refractivity contribution in [3.63, 3.8) is 0 Å². The van der Waals surface area contributed by atoms with Crippen LogP contribution in [0.3, 0.4) is 0 Å². The maximum atomic E-state index is 14.0. The Labute approximate surface area is 145 Å². The van der Waals surface area contributed by atoms with Gasteiger partial charge in [0.2, 0.25) is 5.89 Å². The molecule has 25 heavy (non-hydrogen) atoms. The van der Waals surface area contributed by atoms with Crippen molar-refractivity contribution in [3.05, 3.63) is 71.4 Å². The minimum Gasteiger partial charge on any atom is -0.441 e. The van der Waals surface area contributed by atoms with Gasteiger partial charge in [0.25, 0.3) is 0 Å². The number of nitrogens with zero attached hydrogens (tertiary/aromatic N) is 3. The van der Waals surface area contributed by atoms with Gasteiger partial charge in [-0.2, -0.15) is 0 Å². The number of halogens is 2. The summed E-state index contributed by atoms with van der Waals surface area (Å²) in [5, 5.41) is 0. The fourth-order valence-electron chi connectivity index (χ4n) is 2.60. The van der Waals surface area contributed by atoms with Crippen LogP contribution in [0.1, 0.15) is 23.9 Å². The van der Waals surface area contributed by atoms with Gasteiger partial charge < -0.3 is 4.42 Å². The van der Waals surface area contributed by atoms with E-state index in [0.29, 0.717) is 12.3 Å². The van der Waals surface area contributed by atoms with E-state index >= 15 is 0 Å². The second kappa shape index (κ2) is 7.53. The Morgan fingerprint density at radius 1 is 1.08 bits per heavy atom. The summed E-state index contributed by atoms with van der Waals surface area (Å²) in [6.45, 7) is 5.96. The smallest absolute Gasteiger partial charge is 0.229 e. The molecule has 0 fully saturated rings. The molecule has 0 amide bonds. The van der Waals surface area contributed by atoms with Crippen LogP contribution in [0.15, 0.2) is 47.1 Å². The van der Waals surface area contributed by atoms with Crippen molar-refractivity contribution >= 4 is 0 Å². The van der Waals surface area contributed by atoms with Crippen LogP contribution in [-0.2, 0) is 13.1 Å². The third kappa shape index (κ3) is 3.91. The topological polar surface area (TPSA) is 42.2 Å². The van der Waals surface area contributed by atoms with Crippen LogP contribution in [0.5, 0.6) is 0 Å². The first-order chi connectivity index (χ1) is 12.1. The molecule has 130 valence electrons. The number of oxazole rings is 1. The van der Waals surface area contributed by atoms with Crippen molar-refractivity contribution in [3.8, 4) is 11.5 Å². The van der Waals surface area contributed by atoms with Crippen molar-refractivity contribution in [2.45, 2.75) is 26.9 Å². The highest BCUT2D eigenvalue weighted by Crippen LogP contribution is 2.26. The van der Waals surface area contributed by atoms with Gasteiger partial charge in [-0.1, -0.05) is 13.0 Å². The SMILES string of the molecule is CCN(Cc1ccncc1)Cc1nc(-c2cccc(F)c2F)oc1C. The lowest BCUT2D eigenvalue weighted by Gasteiger charge is -2.19. The maximum absolute atomic E-state index is 14.0. The fourth-order valence-corrected chi connectivity index (χ4v) is 2.60. The van der Waals surface area contributed by atoms with E-state index < -0.39 is 11.6 Å². The summed E-state index contributed by atoms with van der Waals surface area (Å²) >= 11 is 0. The third-order valence-electron chi connectivity index (χ3n) is 4.05. The van der Waals surface area contributed by atoms with E-state index in [9.17, 15) is 8.78 Å². The third-order valence-corrected chi connectivity index (χ3v) is 4.05. The van der Waals surface area contributed by atoms with Crippen molar-refractivity contribution in [2.75, 3.05) is 6.54 Å². The summed E-state index contributed by atoms with van der Waals surface area (Å²) in [6.07, 6.45) is 3.52. The highest BCUT2D eigenvalue weighted by Gasteiger charge is 2.18. The zero-order chi connectivity index (χ0) is 17.8. The Morgan fingerprint density at radius 3 is 2.56 bits per heavy atom. The highest BCUT2D eigenvalue weighted by molar-refractivity contribution is 5.54. The van der Waals surface area contributed by atoms with Gasteiger partial charge >= 0.3 is 0 Å². The van der Waals surface area contributed by atoms with Gasteiger partial charge in [0.1, 0.15) is 5.76 Å². The number of pyridine rings is 1. The fraction of sp³-hybridized carbons (Fsp3) is 0.263. The van der Waals surface area contributed by atoms with E-state index in [2.05, 4.69) is 21.8 Å². The zero-order valence-electron chi connectivity index (χ0n) is 14.2. The lowest BCUT2D eigenvalue weighted by Crippen LogP contribution is -2.22. The molecule has 4 nitrogen and oxygen atoms in total. The Morgan fingerprint density at radius 2 is 1.84 bits per heavy atom. The Hall–Kier alpha value is -2.60. The molecule has 2 heterocycles. The van der Waals surface area contributed by atoms with Crippen LogP contribution in [-0.4, -0.2) is 21.4 Å². The summed E-state index contributed by atoms with van der Waals surface area (Å²) < 4.78 is 33.0. The van der Waals surface area contributed by atoms with Gasteiger partial charge in [-0.15, -0.1) is 0 Å². The monoisotopic (exact) mass is 343 g/mol. The van der Waals surface area contributed by atoms with Crippen LogP contribution in [0.25, 0.3) is 11.5 Å². The molecule has 0 spiro atoms. The van der Waals surface area contributed by atoms with Crippen LogP contribution >= 0.6 is 0 Å². The number of hydrogen-bond acceptors (Lipinski definition) is 4. The molecule has 0 unspecified atom stereocenters. The summed E-state index contributed by atoms with van der Waals surface area (Å²) in [6, 6.07) is 7.90. The lowest BCUT2D eigenvalue weighted by molar-refractivity contribution is 0.267.